The van der Waals surface area contributed by atoms with Crippen molar-refractivity contribution < 1.29 is 23.8 Å². The summed E-state index contributed by atoms with van der Waals surface area (Å²) in [5.74, 6) is -0.690. The predicted molar refractivity (Wildman–Crippen MR) is 107 cm³/mol. The Hall–Kier alpha value is -3.50. The lowest BCUT2D eigenvalue weighted by Crippen LogP contribution is -2.23. The summed E-state index contributed by atoms with van der Waals surface area (Å²) in [4.78, 5) is 23.6. The first-order valence-electron chi connectivity index (χ1n) is 8.49. The van der Waals surface area contributed by atoms with Crippen molar-refractivity contribution in [3.8, 4) is 17.6 Å². The molecule has 2 rings (SSSR count). The van der Waals surface area contributed by atoms with E-state index in [1.165, 1.54) is 26.4 Å². The number of methoxy groups -OCH3 is 2. The molecule has 0 heterocycles. The van der Waals surface area contributed by atoms with Crippen molar-refractivity contribution in [2.75, 3.05) is 20.8 Å². The highest BCUT2D eigenvalue weighted by Crippen LogP contribution is 2.37. The van der Waals surface area contributed by atoms with Crippen LogP contribution in [0, 0.1) is 11.3 Å². The number of nitrogens with zero attached hydrogens (tertiary/aromatic N) is 1. The maximum absolute atomic E-state index is 12.3. The standard InChI is InChI=1S/C21H19ClN2O5/c1-27-18-10-15(9-17(22)20(18)29-13-19(25)28-2)8-16(11-23)21(26)24-12-14-6-4-3-5-7-14/h3-10H,12-13H2,1-2H3,(H,24,26)/b16-8-. The first-order valence-corrected chi connectivity index (χ1v) is 8.87. The Kier molecular flexibility index (Phi) is 8.07. The third kappa shape index (κ3) is 6.26. The molecular formula is C21H19ClN2O5. The molecule has 150 valence electrons. The van der Waals surface area contributed by atoms with Crippen LogP contribution in [0.25, 0.3) is 6.08 Å². The Labute approximate surface area is 173 Å². The molecule has 8 heteroatoms. The predicted octanol–water partition coefficient (Wildman–Crippen LogP) is 3.12. The first kappa shape index (κ1) is 21.8. The highest BCUT2D eigenvalue weighted by atomic mass is 35.5. The Balaban J connectivity index is 2.19. The van der Waals surface area contributed by atoms with Crippen molar-refractivity contribution in [2.45, 2.75) is 6.54 Å². The first-order chi connectivity index (χ1) is 14.0. The van der Waals surface area contributed by atoms with Gasteiger partial charge in [0, 0.05) is 6.54 Å². The van der Waals surface area contributed by atoms with Crippen LogP contribution in [-0.4, -0.2) is 32.7 Å². The van der Waals surface area contributed by atoms with Gasteiger partial charge in [-0.05, 0) is 29.3 Å². The van der Waals surface area contributed by atoms with Crippen LogP contribution < -0.4 is 14.8 Å². The summed E-state index contributed by atoms with van der Waals surface area (Å²) in [6, 6.07) is 14.3. The van der Waals surface area contributed by atoms with Gasteiger partial charge in [-0.3, -0.25) is 4.79 Å². The Morgan fingerprint density at radius 3 is 2.55 bits per heavy atom. The number of ether oxygens (including phenoxy) is 3. The van der Waals surface area contributed by atoms with Gasteiger partial charge in [0.2, 0.25) is 0 Å². The molecule has 0 aliphatic carbocycles. The van der Waals surface area contributed by atoms with Crippen LogP contribution >= 0.6 is 11.6 Å². The van der Waals surface area contributed by atoms with E-state index < -0.39 is 11.9 Å². The Morgan fingerprint density at radius 2 is 1.93 bits per heavy atom. The zero-order valence-corrected chi connectivity index (χ0v) is 16.7. The van der Waals surface area contributed by atoms with Crippen molar-refractivity contribution in [1.82, 2.24) is 5.32 Å². The third-order valence-electron chi connectivity index (χ3n) is 3.79. The van der Waals surface area contributed by atoms with Crippen LogP contribution in [0.2, 0.25) is 5.02 Å². The van der Waals surface area contributed by atoms with E-state index in [1.54, 1.807) is 6.07 Å². The lowest BCUT2D eigenvalue weighted by Gasteiger charge is -2.12. The minimum atomic E-state index is -0.575. The van der Waals surface area contributed by atoms with E-state index in [4.69, 9.17) is 21.1 Å². The summed E-state index contributed by atoms with van der Waals surface area (Å²) in [6.07, 6.45) is 1.39. The van der Waals surface area contributed by atoms with Crippen molar-refractivity contribution in [1.29, 1.82) is 5.26 Å². The molecule has 2 aromatic carbocycles. The summed E-state index contributed by atoms with van der Waals surface area (Å²) in [7, 11) is 2.65. The van der Waals surface area contributed by atoms with Gasteiger partial charge in [0.15, 0.2) is 18.1 Å². The molecule has 0 radical (unpaired) electrons. The Morgan fingerprint density at radius 1 is 1.21 bits per heavy atom. The molecule has 0 unspecified atom stereocenters. The number of rotatable bonds is 8. The summed E-state index contributed by atoms with van der Waals surface area (Å²) < 4.78 is 15.1. The maximum atomic E-state index is 12.3. The number of halogens is 1. The van der Waals surface area contributed by atoms with Crippen LogP contribution in [0.4, 0.5) is 0 Å². The zero-order valence-electron chi connectivity index (χ0n) is 15.9. The highest BCUT2D eigenvalue weighted by molar-refractivity contribution is 6.32. The zero-order chi connectivity index (χ0) is 21.2. The average molecular weight is 415 g/mol. The second-order valence-electron chi connectivity index (χ2n) is 5.74. The van der Waals surface area contributed by atoms with Gasteiger partial charge in [-0.2, -0.15) is 5.26 Å². The van der Waals surface area contributed by atoms with Gasteiger partial charge in [0.25, 0.3) is 5.91 Å². The van der Waals surface area contributed by atoms with Crippen LogP contribution in [0.3, 0.4) is 0 Å². The van der Waals surface area contributed by atoms with Gasteiger partial charge in [-0.15, -0.1) is 0 Å². The number of carbonyl (C=O) groups excluding carboxylic acids is 2. The summed E-state index contributed by atoms with van der Waals surface area (Å²) in [5.41, 5.74) is 1.28. The molecule has 0 bridgehead atoms. The van der Waals surface area contributed by atoms with E-state index >= 15 is 0 Å². The fraction of sp³-hybridized carbons (Fsp3) is 0.190. The van der Waals surface area contributed by atoms with Gasteiger partial charge in [0.05, 0.1) is 19.2 Å². The van der Waals surface area contributed by atoms with Crippen LogP contribution in [-0.2, 0) is 20.9 Å². The summed E-state index contributed by atoms with van der Waals surface area (Å²) in [5, 5.41) is 12.2. The highest BCUT2D eigenvalue weighted by Gasteiger charge is 2.15. The van der Waals surface area contributed by atoms with Crippen LogP contribution in [0.15, 0.2) is 48.0 Å². The Bertz CT molecular complexity index is 952. The molecule has 0 atom stereocenters. The van der Waals surface area contributed by atoms with Crippen molar-refractivity contribution in [3.05, 3.63) is 64.2 Å². The number of amides is 1. The van der Waals surface area contributed by atoms with Gasteiger partial charge in [-0.1, -0.05) is 41.9 Å². The van der Waals surface area contributed by atoms with Crippen molar-refractivity contribution in [3.63, 3.8) is 0 Å². The monoisotopic (exact) mass is 414 g/mol. The molecule has 1 amide bonds. The number of carbonyl (C=O) groups is 2. The van der Waals surface area contributed by atoms with E-state index in [2.05, 4.69) is 10.1 Å². The molecule has 2 aromatic rings. The lowest BCUT2D eigenvalue weighted by molar-refractivity contribution is -0.142. The molecule has 0 aliphatic heterocycles. The molecular weight excluding hydrogens is 396 g/mol. The quantitative estimate of drug-likeness (QED) is 0.405. The fourth-order valence-electron chi connectivity index (χ4n) is 2.34. The van der Waals surface area contributed by atoms with E-state index in [-0.39, 0.29) is 28.7 Å². The number of benzene rings is 2. The molecule has 1 N–H and O–H groups in total. The lowest BCUT2D eigenvalue weighted by atomic mass is 10.1. The van der Waals surface area contributed by atoms with E-state index in [0.29, 0.717) is 12.1 Å². The third-order valence-corrected chi connectivity index (χ3v) is 4.07. The molecule has 29 heavy (non-hydrogen) atoms. The van der Waals surface area contributed by atoms with E-state index in [1.807, 2.05) is 36.4 Å². The molecule has 0 saturated heterocycles. The average Bonchev–Trinajstić information content (AvgIpc) is 2.75. The molecule has 0 fully saturated rings. The van der Waals surface area contributed by atoms with Gasteiger partial charge in [-0.25, -0.2) is 4.79 Å². The smallest absolute Gasteiger partial charge is 0.343 e. The fourth-order valence-corrected chi connectivity index (χ4v) is 2.62. The van der Waals surface area contributed by atoms with Gasteiger partial charge >= 0.3 is 5.97 Å². The maximum Gasteiger partial charge on any atom is 0.343 e. The second kappa shape index (κ2) is 10.7. The van der Waals surface area contributed by atoms with Gasteiger partial charge < -0.3 is 19.5 Å². The van der Waals surface area contributed by atoms with Crippen LogP contribution in [0.5, 0.6) is 11.5 Å². The molecule has 0 spiro atoms. The number of nitrogens with one attached hydrogen (secondary N) is 1. The number of nitriles is 1. The van der Waals surface area contributed by atoms with E-state index in [0.717, 1.165) is 5.56 Å². The molecule has 0 saturated carbocycles. The summed E-state index contributed by atoms with van der Waals surface area (Å²) in [6.45, 7) is -0.0455. The van der Waals surface area contributed by atoms with Crippen molar-refractivity contribution in [2.24, 2.45) is 0 Å². The number of hydrogen-bond acceptors (Lipinski definition) is 6. The number of esters is 1. The van der Waals surface area contributed by atoms with Crippen molar-refractivity contribution >= 4 is 29.6 Å². The normalized spacial score (nSPS) is 10.6. The van der Waals surface area contributed by atoms with E-state index in [9.17, 15) is 14.9 Å². The molecule has 0 aliphatic rings. The SMILES string of the molecule is COC(=O)COc1c(Cl)cc(/C=C(/C#N)C(=O)NCc2ccccc2)cc1OC. The number of hydrogen-bond donors (Lipinski definition) is 1. The molecule has 7 nitrogen and oxygen atoms in total. The second-order valence-corrected chi connectivity index (χ2v) is 6.14. The molecule has 0 aromatic heterocycles. The minimum Gasteiger partial charge on any atom is -0.493 e. The van der Waals surface area contributed by atoms with Crippen LogP contribution in [0.1, 0.15) is 11.1 Å². The summed E-state index contributed by atoms with van der Waals surface area (Å²) >= 11 is 6.22. The topological polar surface area (TPSA) is 97.7 Å². The van der Waals surface area contributed by atoms with Gasteiger partial charge in [0.1, 0.15) is 11.6 Å². The minimum absolute atomic E-state index is 0.0951. The largest absolute Gasteiger partial charge is 0.493 e.